The Hall–Kier alpha value is -0.810. The van der Waals surface area contributed by atoms with Gasteiger partial charge >= 0.3 is 6.09 Å². The summed E-state index contributed by atoms with van der Waals surface area (Å²) in [6.07, 6.45) is 0.139. The van der Waals surface area contributed by atoms with Crippen LogP contribution in [0, 0.1) is 0 Å². The first-order chi connectivity index (χ1) is 6.49. The maximum absolute atomic E-state index is 10.9. The molecule has 2 aliphatic heterocycles. The minimum atomic E-state index is -0.922. The maximum atomic E-state index is 10.9. The molecule has 2 aliphatic rings. The average Bonchev–Trinajstić information content (AvgIpc) is 2.76. The molecule has 0 radical (unpaired) electrons. The second-order valence-corrected chi connectivity index (χ2v) is 4.27. The smallest absolute Gasteiger partial charge is 0.409 e. The zero-order valence-electron chi connectivity index (χ0n) is 8.40. The monoisotopic (exact) mass is 201 g/mol. The van der Waals surface area contributed by atoms with E-state index in [-0.39, 0.29) is 12.2 Å². The molecule has 14 heavy (non-hydrogen) atoms. The number of ether oxygens (including phenoxy) is 2. The number of amides is 1. The van der Waals surface area contributed by atoms with Crippen molar-refractivity contribution in [2.45, 2.75) is 38.2 Å². The lowest BCUT2D eigenvalue weighted by atomic mass is 10.2. The first-order valence-corrected chi connectivity index (χ1v) is 4.79. The third-order valence-corrected chi connectivity index (χ3v) is 2.65. The van der Waals surface area contributed by atoms with Gasteiger partial charge in [0, 0.05) is 6.42 Å². The molecule has 2 saturated heterocycles. The van der Waals surface area contributed by atoms with E-state index in [1.807, 2.05) is 0 Å². The van der Waals surface area contributed by atoms with E-state index >= 15 is 0 Å². The van der Waals surface area contributed by atoms with Crippen LogP contribution in [0.2, 0.25) is 0 Å². The van der Waals surface area contributed by atoms with Gasteiger partial charge < -0.3 is 14.6 Å². The second kappa shape index (κ2) is 3.10. The molecule has 1 unspecified atom stereocenters. The van der Waals surface area contributed by atoms with Crippen molar-refractivity contribution in [1.82, 2.24) is 4.90 Å². The van der Waals surface area contributed by atoms with Gasteiger partial charge in [-0.3, -0.25) is 4.90 Å². The first kappa shape index (κ1) is 9.73. The molecule has 0 spiro atoms. The van der Waals surface area contributed by atoms with Crippen LogP contribution < -0.4 is 0 Å². The largest absolute Gasteiger partial charge is 0.465 e. The standard InChI is InChI=1S/C9H15NO4/c1-9(2)10(8(11)12)4-6(14-9)3-7-5-13-7/h6-7H,3-5H2,1-2H3,(H,11,12)/t6?,7-/m0/s1. The number of carboxylic acid groups (broad SMARTS) is 1. The lowest BCUT2D eigenvalue weighted by Gasteiger charge is -2.26. The van der Waals surface area contributed by atoms with Crippen LogP contribution in [-0.4, -0.2) is 47.2 Å². The number of epoxide rings is 1. The molecule has 2 rings (SSSR count). The predicted molar refractivity (Wildman–Crippen MR) is 48.0 cm³/mol. The predicted octanol–water partition coefficient (Wildman–Crippen LogP) is 0.890. The molecular formula is C9H15NO4. The molecule has 1 amide bonds. The summed E-state index contributed by atoms with van der Waals surface area (Å²) < 4.78 is 10.7. The van der Waals surface area contributed by atoms with Gasteiger partial charge in [-0.15, -0.1) is 0 Å². The van der Waals surface area contributed by atoms with Gasteiger partial charge in [-0.05, 0) is 13.8 Å². The first-order valence-electron chi connectivity index (χ1n) is 4.79. The third-order valence-electron chi connectivity index (χ3n) is 2.65. The van der Waals surface area contributed by atoms with Crippen LogP contribution in [0.3, 0.4) is 0 Å². The SMILES string of the molecule is CC1(C)OC(C[C@H]2CO2)CN1C(=O)O. The fourth-order valence-electron chi connectivity index (χ4n) is 1.86. The number of nitrogens with zero attached hydrogens (tertiary/aromatic N) is 1. The summed E-state index contributed by atoms with van der Waals surface area (Å²) in [6.45, 7) is 4.78. The van der Waals surface area contributed by atoms with Crippen molar-refractivity contribution in [2.24, 2.45) is 0 Å². The Bertz CT molecular complexity index is 249. The van der Waals surface area contributed by atoms with Crippen molar-refractivity contribution >= 4 is 6.09 Å². The highest BCUT2D eigenvalue weighted by molar-refractivity contribution is 5.66. The quantitative estimate of drug-likeness (QED) is 0.674. The van der Waals surface area contributed by atoms with Gasteiger partial charge in [-0.25, -0.2) is 4.79 Å². The van der Waals surface area contributed by atoms with Gasteiger partial charge in [-0.1, -0.05) is 0 Å². The van der Waals surface area contributed by atoms with Crippen molar-refractivity contribution in [3.05, 3.63) is 0 Å². The summed E-state index contributed by atoms with van der Waals surface area (Å²) in [6, 6.07) is 0. The Balaban J connectivity index is 1.96. The lowest BCUT2D eigenvalue weighted by Crippen LogP contribution is -2.42. The summed E-state index contributed by atoms with van der Waals surface area (Å²) >= 11 is 0. The number of carbonyl (C=O) groups is 1. The van der Waals surface area contributed by atoms with E-state index in [9.17, 15) is 4.79 Å². The Morgan fingerprint density at radius 2 is 2.21 bits per heavy atom. The lowest BCUT2D eigenvalue weighted by molar-refractivity contribution is -0.0687. The fourth-order valence-corrected chi connectivity index (χ4v) is 1.86. The van der Waals surface area contributed by atoms with Crippen LogP contribution in [0.1, 0.15) is 20.3 Å². The summed E-state index contributed by atoms with van der Waals surface area (Å²) in [5.41, 5.74) is -0.703. The molecule has 5 heteroatoms. The van der Waals surface area contributed by atoms with E-state index in [1.165, 1.54) is 4.90 Å². The van der Waals surface area contributed by atoms with Gasteiger partial charge in [-0.2, -0.15) is 0 Å². The summed E-state index contributed by atoms with van der Waals surface area (Å²) in [7, 11) is 0. The van der Waals surface area contributed by atoms with E-state index in [4.69, 9.17) is 14.6 Å². The molecule has 0 bridgehead atoms. The van der Waals surface area contributed by atoms with E-state index < -0.39 is 11.8 Å². The van der Waals surface area contributed by atoms with Crippen molar-refractivity contribution in [3.63, 3.8) is 0 Å². The molecule has 0 aliphatic carbocycles. The van der Waals surface area contributed by atoms with E-state index in [0.29, 0.717) is 6.54 Å². The number of rotatable bonds is 2. The average molecular weight is 201 g/mol. The van der Waals surface area contributed by atoms with E-state index in [1.54, 1.807) is 13.8 Å². The highest BCUT2D eigenvalue weighted by atomic mass is 16.6. The summed E-state index contributed by atoms with van der Waals surface area (Å²) in [5, 5.41) is 8.93. The molecule has 1 N–H and O–H groups in total. The van der Waals surface area contributed by atoms with Crippen molar-refractivity contribution in [2.75, 3.05) is 13.2 Å². The van der Waals surface area contributed by atoms with Gasteiger partial charge in [0.2, 0.25) is 0 Å². The van der Waals surface area contributed by atoms with Gasteiger partial charge in [0.05, 0.1) is 25.4 Å². The van der Waals surface area contributed by atoms with Crippen LogP contribution in [0.4, 0.5) is 4.79 Å². The molecule has 0 aromatic carbocycles. The molecule has 2 fully saturated rings. The maximum Gasteiger partial charge on any atom is 0.409 e. The molecule has 0 saturated carbocycles. The van der Waals surface area contributed by atoms with Crippen molar-refractivity contribution < 1.29 is 19.4 Å². The Labute approximate surface area is 82.6 Å². The van der Waals surface area contributed by atoms with Crippen molar-refractivity contribution in [1.29, 1.82) is 0 Å². The molecule has 80 valence electrons. The van der Waals surface area contributed by atoms with E-state index in [2.05, 4.69) is 0 Å². The Kier molecular flexibility index (Phi) is 2.16. The Morgan fingerprint density at radius 3 is 2.64 bits per heavy atom. The van der Waals surface area contributed by atoms with Crippen molar-refractivity contribution in [3.8, 4) is 0 Å². The third kappa shape index (κ3) is 1.83. The molecule has 2 heterocycles. The number of hydrogen-bond acceptors (Lipinski definition) is 3. The molecule has 5 nitrogen and oxygen atoms in total. The summed E-state index contributed by atoms with van der Waals surface area (Å²) in [4.78, 5) is 12.2. The van der Waals surface area contributed by atoms with Crippen LogP contribution >= 0.6 is 0 Å². The molecule has 0 aromatic heterocycles. The zero-order valence-corrected chi connectivity index (χ0v) is 8.40. The molecule has 0 aromatic rings. The fraction of sp³-hybridized carbons (Fsp3) is 0.889. The minimum absolute atomic E-state index is 0.0198. The van der Waals surface area contributed by atoms with Gasteiger partial charge in [0.15, 0.2) is 0 Å². The van der Waals surface area contributed by atoms with E-state index in [0.717, 1.165) is 13.0 Å². The van der Waals surface area contributed by atoms with Crippen LogP contribution in [0.25, 0.3) is 0 Å². The number of hydrogen-bond donors (Lipinski definition) is 1. The normalized spacial score (nSPS) is 34.6. The topological polar surface area (TPSA) is 62.3 Å². The Morgan fingerprint density at radius 1 is 1.57 bits per heavy atom. The highest BCUT2D eigenvalue weighted by Crippen LogP contribution is 2.30. The summed E-state index contributed by atoms with van der Waals surface area (Å²) in [5.74, 6) is 0. The molecular weight excluding hydrogens is 186 g/mol. The van der Waals surface area contributed by atoms with Crippen LogP contribution in [0.5, 0.6) is 0 Å². The zero-order chi connectivity index (χ0) is 10.3. The van der Waals surface area contributed by atoms with Crippen LogP contribution in [0.15, 0.2) is 0 Å². The minimum Gasteiger partial charge on any atom is -0.465 e. The highest BCUT2D eigenvalue weighted by Gasteiger charge is 2.44. The second-order valence-electron chi connectivity index (χ2n) is 4.27. The van der Waals surface area contributed by atoms with Gasteiger partial charge in [0.1, 0.15) is 5.72 Å². The molecule has 2 atom stereocenters. The van der Waals surface area contributed by atoms with Gasteiger partial charge in [0.25, 0.3) is 0 Å². The van der Waals surface area contributed by atoms with Crippen LogP contribution in [-0.2, 0) is 9.47 Å².